The summed E-state index contributed by atoms with van der Waals surface area (Å²) in [4.78, 5) is 89.5. The summed E-state index contributed by atoms with van der Waals surface area (Å²) in [6.45, 7) is 18.8. The number of carbonyl (C=O) groups is 6. The molecule has 416 valence electrons. The van der Waals surface area contributed by atoms with Gasteiger partial charge in [0.25, 0.3) is 0 Å². The van der Waals surface area contributed by atoms with E-state index in [0.29, 0.717) is 63.8 Å². The summed E-state index contributed by atoms with van der Waals surface area (Å²) in [7, 11) is 3.37. The highest BCUT2D eigenvalue weighted by atomic mass is 19.4. The molecule has 2 saturated heterocycles. The van der Waals surface area contributed by atoms with Crippen molar-refractivity contribution in [2.24, 2.45) is 10.8 Å². The minimum absolute atomic E-state index is 0. The third kappa shape index (κ3) is 19.0. The Bertz CT molecular complexity index is 2160. The lowest BCUT2D eigenvalue weighted by molar-refractivity contribution is -0.142. The van der Waals surface area contributed by atoms with Crippen LogP contribution in [0.4, 0.5) is 13.2 Å². The molecule has 0 saturated carbocycles. The first-order chi connectivity index (χ1) is 34.2. The van der Waals surface area contributed by atoms with Crippen molar-refractivity contribution in [3.63, 3.8) is 0 Å². The van der Waals surface area contributed by atoms with Crippen LogP contribution in [0.3, 0.4) is 0 Å². The summed E-state index contributed by atoms with van der Waals surface area (Å²) < 4.78 is 41.3. The van der Waals surface area contributed by atoms with Crippen LogP contribution < -0.4 is 21.3 Å². The Kier molecular flexibility index (Phi) is 24.6. The number of carbonyl (C=O) groups excluding carboxylic acids is 6. The molecule has 2 fully saturated rings. The Morgan fingerprint density at radius 2 is 1.01 bits per heavy atom. The molecule has 2 aliphatic rings. The number of likely N-dealkylation sites (N-methyl/N-ethyl adjacent to an activating group) is 2. The minimum atomic E-state index is -4.55. The van der Waals surface area contributed by atoms with Crippen LogP contribution in [0.2, 0.25) is 0 Å². The Hall–Kier alpha value is -5.03. The van der Waals surface area contributed by atoms with Gasteiger partial charge in [-0.05, 0) is 107 Å². The number of hydrogen-bond donors (Lipinski definition) is 4. The maximum atomic E-state index is 14.2. The Morgan fingerprint density at radius 1 is 0.622 bits per heavy atom. The van der Waals surface area contributed by atoms with Gasteiger partial charge in [0, 0.05) is 64.2 Å². The van der Waals surface area contributed by atoms with E-state index in [4.69, 9.17) is 0 Å². The van der Waals surface area contributed by atoms with Crippen LogP contribution in [0.1, 0.15) is 162 Å². The number of halogens is 3. The molecule has 0 aromatic heterocycles. The Balaban J connectivity index is 0.0000144. The van der Waals surface area contributed by atoms with Crippen LogP contribution in [0, 0.1) is 17.8 Å². The number of hydrogen-bond acceptors (Lipinski definition) is 8. The Morgan fingerprint density at radius 3 is 1.39 bits per heavy atom. The van der Waals surface area contributed by atoms with Crippen molar-refractivity contribution >= 4 is 35.4 Å². The van der Waals surface area contributed by atoms with E-state index in [-0.39, 0.29) is 74.5 Å². The van der Waals surface area contributed by atoms with E-state index in [1.54, 1.807) is 43.8 Å². The molecular weight excluding hydrogens is 950 g/mol. The summed E-state index contributed by atoms with van der Waals surface area (Å²) in [6.07, 6.45) is 3.31. The van der Waals surface area contributed by atoms with Crippen LogP contribution in [-0.2, 0) is 48.0 Å². The molecule has 0 aliphatic carbocycles. The largest absolute Gasteiger partial charge is 0.416 e. The summed E-state index contributed by atoms with van der Waals surface area (Å²) in [6, 6.07) is 9.96. The second-order valence-electron chi connectivity index (χ2n) is 22.6. The third-order valence-electron chi connectivity index (χ3n) is 14.5. The van der Waals surface area contributed by atoms with E-state index in [1.807, 2.05) is 76.5 Å². The number of nitrogens with one attached hydrogen (secondary N) is 4. The van der Waals surface area contributed by atoms with Gasteiger partial charge in [-0.15, -0.1) is 0 Å². The van der Waals surface area contributed by atoms with Crippen molar-refractivity contribution in [2.45, 2.75) is 202 Å². The molecule has 17 heteroatoms. The molecule has 0 radical (unpaired) electrons. The molecule has 6 atom stereocenters. The zero-order valence-corrected chi connectivity index (χ0v) is 45.7. The predicted octanol–water partition coefficient (Wildman–Crippen LogP) is 8.39. The first-order valence-corrected chi connectivity index (χ1v) is 26.6. The van der Waals surface area contributed by atoms with Crippen LogP contribution in [-0.4, -0.2) is 132 Å². The number of aryl methyl sites for hydroxylation is 1. The zero-order valence-electron chi connectivity index (χ0n) is 45.7. The highest BCUT2D eigenvalue weighted by Gasteiger charge is 2.43. The SMILES string of the molecule is C.CN[C@@H](C)C(=O)N[C@H](C(=O)N1CCC[C@H]1CN(Cc1cccc(C)c1)C(=O)CCCCCCCCC(=O)N(Cc1cccc(C(F)(F)F)c1)C[C@@H]1CCCN1C(=O)[C@@H](NC(=O)[C@H](C)NC)C(C)(C)C)C(C)(C)C. The van der Waals surface area contributed by atoms with Gasteiger partial charge in [-0.3, -0.25) is 28.8 Å². The molecule has 2 heterocycles. The lowest BCUT2D eigenvalue weighted by Gasteiger charge is -2.37. The van der Waals surface area contributed by atoms with Crippen molar-refractivity contribution in [1.82, 2.24) is 40.9 Å². The van der Waals surface area contributed by atoms with E-state index in [9.17, 15) is 41.9 Å². The molecule has 0 spiro atoms. The zero-order chi connectivity index (χ0) is 54.3. The molecule has 6 amide bonds. The molecule has 14 nitrogen and oxygen atoms in total. The fourth-order valence-corrected chi connectivity index (χ4v) is 9.75. The molecule has 2 aliphatic heterocycles. The van der Waals surface area contributed by atoms with Gasteiger partial charge in [0.1, 0.15) is 12.1 Å². The van der Waals surface area contributed by atoms with Gasteiger partial charge in [0.15, 0.2) is 0 Å². The van der Waals surface area contributed by atoms with Crippen molar-refractivity contribution < 1.29 is 41.9 Å². The van der Waals surface area contributed by atoms with E-state index in [1.165, 1.54) is 6.07 Å². The van der Waals surface area contributed by atoms with Crippen LogP contribution >= 0.6 is 0 Å². The highest BCUT2D eigenvalue weighted by molar-refractivity contribution is 5.91. The molecule has 74 heavy (non-hydrogen) atoms. The average molecular weight is 1040 g/mol. The van der Waals surface area contributed by atoms with Gasteiger partial charge in [0.2, 0.25) is 35.4 Å². The molecule has 0 unspecified atom stereocenters. The van der Waals surface area contributed by atoms with Crippen molar-refractivity contribution in [2.75, 3.05) is 40.3 Å². The second kappa shape index (κ2) is 28.8. The number of rotatable bonds is 25. The van der Waals surface area contributed by atoms with Crippen molar-refractivity contribution in [1.29, 1.82) is 0 Å². The van der Waals surface area contributed by atoms with Gasteiger partial charge >= 0.3 is 6.18 Å². The lowest BCUT2D eigenvalue weighted by atomic mass is 9.85. The van der Waals surface area contributed by atoms with E-state index < -0.39 is 46.7 Å². The maximum absolute atomic E-state index is 14.2. The third-order valence-corrected chi connectivity index (χ3v) is 14.5. The van der Waals surface area contributed by atoms with Gasteiger partial charge < -0.3 is 40.9 Å². The summed E-state index contributed by atoms with van der Waals surface area (Å²) in [5, 5.41) is 11.8. The maximum Gasteiger partial charge on any atom is 0.416 e. The molecule has 2 aromatic carbocycles. The summed E-state index contributed by atoms with van der Waals surface area (Å²) in [5.74, 6) is -1.14. The first-order valence-electron chi connectivity index (χ1n) is 26.6. The number of amides is 6. The van der Waals surface area contributed by atoms with Gasteiger partial charge in [-0.1, -0.05) is 117 Å². The topological polar surface area (TPSA) is 163 Å². The molecule has 2 aromatic rings. The van der Waals surface area contributed by atoms with Crippen LogP contribution in [0.5, 0.6) is 0 Å². The molecule has 4 N–H and O–H groups in total. The van der Waals surface area contributed by atoms with Crippen molar-refractivity contribution in [3.05, 3.63) is 70.8 Å². The number of unbranched alkanes of at least 4 members (excludes halogenated alkanes) is 5. The quantitative estimate of drug-likeness (QED) is 0.0721. The van der Waals surface area contributed by atoms with Gasteiger partial charge in [-0.2, -0.15) is 13.2 Å². The van der Waals surface area contributed by atoms with Gasteiger partial charge in [-0.25, -0.2) is 0 Å². The number of benzene rings is 2. The van der Waals surface area contributed by atoms with E-state index in [2.05, 4.69) is 27.3 Å². The van der Waals surface area contributed by atoms with Crippen LogP contribution in [0.15, 0.2) is 48.5 Å². The molecular formula is C57H91F3N8O6. The molecule has 4 rings (SSSR count). The Labute approximate surface area is 441 Å². The number of alkyl halides is 3. The van der Waals surface area contributed by atoms with E-state index in [0.717, 1.165) is 61.8 Å². The number of nitrogens with zero attached hydrogens (tertiary/aromatic N) is 4. The molecule has 0 bridgehead atoms. The lowest BCUT2D eigenvalue weighted by Crippen LogP contribution is -2.59. The standard InChI is InChI=1S/C56H87F3N8O6.CH4/c1-38-22-18-23-41(32-38)34-64(36-44-26-20-30-66(44)52(72)48(54(4,5)6)62-50(70)39(2)60-10)46(68)28-16-14-12-13-15-17-29-47(69)65(35-42-24-19-25-43(33-42)56(57,58)59)37-45-27-21-31-67(45)53(73)49(55(7,8)9)63-51(71)40(3)61-11;/h18-19,22-25,32-33,39-40,44-45,48-49,60-61H,12-17,20-21,26-31,34-37H2,1-11H3,(H,62,70)(H,63,71);1H4/t39-,40-,44-,45-,48+,49+;/m0./s1. The fraction of sp³-hybridized carbons (Fsp3) is 0.684. The first kappa shape index (κ1) is 63.3. The van der Waals surface area contributed by atoms with Gasteiger partial charge in [0.05, 0.1) is 17.6 Å². The van der Waals surface area contributed by atoms with Crippen LogP contribution in [0.25, 0.3) is 0 Å². The van der Waals surface area contributed by atoms with Crippen molar-refractivity contribution in [3.8, 4) is 0 Å². The highest BCUT2D eigenvalue weighted by Crippen LogP contribution is 2.32. The summed E-state index contributed by atoms with van der Waals surface area (Å²) in [5.41, 5.74) is 0.486. The predicted molar refractivity (Wildman–Crippen MR) is 286 cm³/mol. The smallest absolute Gasteiger partial charge is 0.342 e. The second-order valence-corrected chi connectivity index (χ2v) is 22.6. The monoisotopic (exact) mass is 1040 g/mol. The normalized spacial score (nSPS) is 17.7. The average Bonchev–Trinajstić information content (AvgIpc) is 4.00. The number of likely N-dealkylation sites (tertiary alicyclic amines) is 2. The minimum Gasteiger partial charge on any atom is -0.342 e. The fourth-order valence-electron chi connectivity index (χ4n) is 9.75. The van der Waals surface area contributed by atoms with E-state index >= 15 is 0 Å². The summed E-state index contributed by atoms with van der Waals surface area (Å²) >= 11 is 0.